The van der Waals surface area contributed by atoms with Gasteiger partial charge in [0.25, 0.3) is 5.91 Å². The molecular weight excluding hydrogens is 364 g/mol. The van der Waals surface area contributed by atoms with Crippen molar-refractivity contribution >= 4 is 5.91 Å². The molecule has 0 aliphatic heterocycles. The monoisotopic (exact) mass is 377 g/mol. The number of halogens is 6. The largest absolute Gasteiger partial charge is 0.423 e. The first kappa shape index (κ1) is 19.8. The van der Waals surface area contributed by atoms with E-state index in [4.69, 9.17) is 0 Å². The third-order valence-corrected chi connectivity index (χ3v) is 3.68. The van der Waals surface area contributed by atoms with Crippen LogP contribution in [-0.2, 0) is 11.8 Å². The zero-order valence-electron chi connectivity index (χ0n) is 13.0. The van der Waals surface area contributed by atoms with Gasteiger partial charge in [-0.1, -0.05) is 36.4 Å². The molecule has 2 aromatic rings. The highest BCUT2D eigenvalue weighted by Crippen LogP contribution is 2.38. The van der Waals surface area contributed by atoms with E-state index >= 15 is 0 Å². The number of nitrogens with one attached hydrogen (secondary N) is 1. The standard InChI is InChI=1S/C17H13F6NO2/c18-16(19,20)13-8-4-5-11(9-13)14(25)24-10-15(26,17(21,22)23)12-6-2-1-3-7-12/h1-9,26H,10H2,(H,24,25)/t15-/m1/s1. The van der Waals surface area contributed by atoms with E-state index < -0.39 is 47.1 Å². The molecule has 0 unspecified atom stereocenters. The topological polar surface area (TPSA) is 49.3 Å². The van der Waals surface area contributed by atoms with Gasteiger partial charge in [-0.15, -0.1) is 0 Å². The average molecular weight is 377 g/mol. The van der Waals surface area contributed by atoms with E-state index in [1.807, 2.05) is 5.32 Å². The summed E-state index contributed by atoms with van der Waals surface area (Å²) in [6.45, 7) is -1.25. The minimum absolute atomic E-state index is 0.475. The van der Waals surface area contributed by atoms with Crippen LogP contribution in [0.5, 0.6) is 0 Å². The van der Waals surface area contributed by atoms with E-state index in [2.05, 4.69) is 0 Å². The van der Waals surface area contributed by atoms with E-state index in [1.165, 1.54) is 18.2 Å². The first-order valence-corrected chi connectivity index (χ1v) is 7.25. The number of rotatable bonds is 4. The minimum atomic E-state index is -5.12. The third kappa shape index (κ3) is 4.16. The van der Waals surface area contributed by atoms with Gasteiger partial charge in [0.2, 0.25) is 5.60 Å². The quantitative estimate of drug-likeness (QED) is 0.795. The van der Waals surface area contributed by atoms with Crippen molar-refractivity contribution in [3.05, 3.63) is 71.3 Å². The Morgan fingerprint density at radius 1 is 0.885 bits per heavy atom. The van der Waals surface area contributed by atoms with Gasteiger partial charge >= 0.3 is 12.4 Å². The molecule has 0 bridgehead atoms. The lowest BCUT2D eigenvalue weighted by atomic mass is 9.93. The molecule has 0 heterocycles. The Labute approximate surface area is 144 Å². The molecule has 9 heteroatoms. The number of alkyl halides is 6. The summed E-state index contributed by atoms with van der Waals surface area (Å²) in [6, 6.07) is 9.30. The Morgan fingerprint density at radius 2 is 1.46 bits per heavy atom. The number of aliphatic hydroxyl groups is 1. The second-order valence-electron chi connectivity index (χ2n) is 5.49. The van der Waals surface area contributed by atoms with Gasteiger partial charge in [-0.3, -0.25) is 4.79 Å². The Kier molecular flexibility index (Phi) is 5.31. The predicted octanol–water partition coefficient (Wildman–Crippen LogP) is 3.89. The Morgan fingerprint density at radius 3 is 2.00 bits per heavy atom. The molecule has 0 aliphatic rings. The number of benzene rings is 2. The van der Waals surface area contributed by atoms with Crippen molar-refractivity contribution in [2.24, 2.45) is 0 Å². The zero-order chi connectivity index (χ0) is 19.6. The maximum Gasteiger partial charge on any atom is 0.423 e. The van der Waals surface area contributed by atoms with Gasteiger partial charge in [0.15, 0.2) is 0 Å². The van der Waals surface area contributed by atoms with E-state index in [-0.39, 0.29) is 0 Å². The van der Waals surface area contributed by atoms with Crippen LogP contribution in [0.25, 0.3) is 0 Å². The lowest BCUT2D eigenvalue weighted by Crippen LogP contribution is -2.51. The van der Waals surface area contributed by atoms with Gasteiger partial charge in [-0.05, 0) is 23.8 Å². The van der Waals surface area contributed by atoms with Gasteiger partial charge in [-0.25, -0.2) is 0 Å². The van der Waals surface area contributed by atoms with Crippen molar-refractivity contribution in [3.8, 4) is 0 Å². The maximum atomic E-state index is 13.3. The molecule has 1 atom stereocenters. The van der Waals surface area contributed by atoms with Crippen LogP contribution in [0.2, 0.25) is 0 Å². The summed E-state index contributed by atoms with van der Waals surface area (Å²) in [4.78, 5) is 12.0. The Hall–Kier alpha value is -2.55. The fourth-order valence-electron chi connectivity index (χ4n) is 2.23. The number of hydrogen-bond donors (Lipinski definition) is 2. The lowest BCUT2D eigenvalue weighted by molar-refractivity contribution is -0.263. The average Bonchev–Trinajstić information content (AvgIpc) is 2.58. The summed E-state index contributed by atoms with van der Waals surface area (Å²) in [5, 5.41) is 11.9. The minimum Gasteiger partial charge on any atom is -0.375 e. The van der Waals surface area contributed by atoms with Crippen molar-refractivity contribution in [3.63, 3.8) is 0 Å². The molecule has 0 aliphatic carbocycles. The van der Waals surface area contributed by atoms with Crippen LogP contribution >= 0.6 is 0 Å². The van der Waals surface area contributed by atoms with E-state index in [9.17, 15) is 36.2 Å². The van der Waals surface area contributed by atoms with E-state index in [1.54, 1.807) is 0 Å². The first-order chi connectivity index (χ1) is 11.9. The molecule has 1 amide bonds. The first-order valence-electron chi connectivity index (χ1n) is 7.25. The highest BCUT2D eigenvalue weighted by molar-refractivity contribution is 5.94. The SMILES string of the molecule is O=C(NC[C@@](O)(c1ccccc1)C(F)(F)F)c1cccc(C(F)(F)F)c1. The van der Waals surface area contributed by atoms with Gasteiger partial charge in [0.1, 0.15) is 0 Å². The number of hydrogen-bond acceptors (Lipinski definition) is 2. The fourth-order valence-corrected chi connectivity index (χ4v) is 2.23. The second kappa shape index (κ2) is 6.99. The van der Waals surface area contributed by atoms with Crippen LogP contribution in [0, 0.1) is 0 Å². The van der Waals surface area contributed by atoms with Crippen LogP contribution in [0.4, 0.5) is 26.3 Å². The molecule has 2 rings (SSSR count). The van der Waals surface area contributed by atoms with Crippen LogP contribution in [0.3, 0.4) is 0 Å². The van der Waals surface area contributed by atoms with Gasteiger partial charge < -0.3 is 10.4 Å². The van der Waals surface area contributed by atoms with Crippen LogP contribution in [0.1, 0.15) is 21.5 Å². The molecule has 0 radical (unpaired) electrons. The van der Waals surface area contributed by atoms with Gasteiger partial charge in [-0.2, -0.15) is 26.3 Å². The predicted molar refractivity (Wildman–Crippen MR) is 80.2 cm³/mol. The van der Waals surface area contributed by atoms with Crippen molar-refractivity contribution in [2.45, 2.75) is 18.0 Å². The molecule has 0 aromatic heterocycles. The maximum absolute atomic E-state index is 13.3. The van der Waals surface area contributed by atoms with Crippen LogP contribution < -0.4 is 5.32 Å². The summed E-state index contributed by atoms with van der Waals surface area (Å²) in [5.41, 5.74) is -5.47. The molecule has 2 aromatic carbocycles. The molecule has 0 spiro atoms. The Bertz CT molecular complexity index is 773. The fraction of sp³-hybridized carbons (Fsp3) is 0.235. The zero-order valence-corrected chi connectivity index (χ0v) is 13.0. The summed E-state index contributed by atoms with van der Waals surface area (Å²) in [6.07, 6.45) is -9.82. The number of amides is 1. The lowest BCUT2D eigenvalue weighted by Gasteiger charge is -2.31. The molecule has 0 saturated heterocycles. The van der Waals surface area contributed by atoms with Crippen LogP contribution in [-0.4, -0.2) is 23.7 Å². The van der Waals surface area contributed by atoms with Crippen molar-refractivity contribution in [1.29, 1.82) is 0 Å². The molecule has 140 valence electrons. The summed E-state index contributed by atoms with van der Waals surface area (Å²) in [5.74, 6) is -1.17. The highest BCUT2D eigenvalue weighted by Gasteiger charge is 2.55. The highest BCUT2D eigenvalue weighted by atomic mass is 19.4. The van der Waals surface area contributed by atoms with Crippen LogP contribution in [0.15, 0.2) is 54.6 Å². The number of carbonyl (C=O) groups is 1. The Balaban J connectivity index is 2.24. The molecule has 0 saturated carbocycles. The summed E-state index contributed by atoms with van der Waals surface area (Å²) < 4.78 is 77.9. The normalized spacial score (nSPS) is 14.6. The third-order valence-electron chi connectivity index (χ3n) is 3.68. The van der Waals surface area contributed by atoms with Crippen molar-refractivity contribution in [2.75, 3.05) is 6.54 Å². The van der Waals surface area contributed by atoms with E-state index in [0.717, 1.165) is 30.3 Å². The van der Waals surface area contributed by atoms with Gasteiger partial charge in [0.05, 0.1) is 12.1 Å². The van der Waals surface area contributed by atoms with Gasteiger partial charge in [0, 0.05) is 5.56 Å². The van der Waals surface area contributed by atoms with Crippen molar-refractivity contribution < 1.29 is 36.2 Å². The molecular formula is C17H13F6NO2. The molecule has 3 nitrogen and oxygen atoms in total. The number of carbonyl (C=O) groups excluding carboxylic acids is 1. The van der Waals surface area contributed by atoms with E-state index in [0.29, 0.717) is 6.07 Å². The summed E-state index contributed by atoms with van der Waals surface area (Å²) >= 11 is 0. The van der Waals surface area contributed by atoms with Crippen molar-refractivity contribution in [1.82, 2.24) is 5.32 Å². The molecule has 26 heavy (non-hydrogen) atoms. The summed E-state index contributed by atoms with van der Waals surface area (Å²) in [7, 11) is 0. The second-order valence-corrected chi connectivity index (χ2v) is 5.49. The molecule has 0 fully saturated rings. The smallest absolute Gasteiger partial charge is 0.375 e. The molecule has 2 N–H and O–H groups in total.